The maximum atomic E-state index is 11.9. The Morgan fingerprint density at radius 1 is 1.61 bits per heavy atom. The number of amides is 1. The fourth-order valence-electron chi connectivity index (χ4n) is 1.37. The fraction of sp³-hybridized carbons (Fsp3) is 0.182. The number of nitrogens with zero attached hydrogens (tertiary/aromatic N) is 2. The molecule has 5 nitrogen and oxygen atoms in total. The van der Waals surface area contributed by atoms with E-state index in [1.54, 1.807) is 12.3 Å². The predicted molar refractivity (Wildman–Crippen MR) is 74.4 cm³/mol. The van der Waals surface area contributed by atoms with Gasteiger partial charge in [0.2, 0.25) is 0 Å². The number of pyridine rings is 1. The van der Waals surface area contributed by atoms with Gasteiger partial charge in [0.1, 0.15) is 10.8 Å². The normalized spacial score (nSPS) is 10.3. The molecule has 2 aromatic heterocycles. The molecular weight excluding hydrogens is 316 g/mol. The van der Waals surface area contributed by atoms with Crippen molar-refractivity contribution in [2.45, 2.75) is 13.5 Å². The van der Waals surface area contributed by atoms with Crippen LogP contribution in [0.15, 0.2) is 22.1 Å². The minimum atomic E-state index is -0.255. The summed E-state index contributed by atoms with van der Waals surface area (Å²) in [6.07, 6.45) is 1.55. The molecule has 94 valence electrons. The molecule has 0 saturated carbocycles. The fourth-order valence-corrected chi connectivity index (χ4v) is 2.41. The largest absolute Gasteiger partial charge is 0.383 e. The third-order valence-electron chi connectivity index (χ3n) is 2.20. The van der Waals surface area contributed by atoms with Crippen LogP contribution in [0.2, 0.25) is 0 Å². The van der Waals surface area contributed by atoms with Gasteiger partial charge in [-0.25, -0.2) is 9.97 Å². The Balaban J connectivity index is 2.05. The number of nitrogen functional groups attached to an aromatic ring is 1. The maximum Gasteiger partial charge on any atom is 0.255 e. The summed E-state index contributed by atoms with van der Waals surface area (Å²) >= 11 is 4.77. The Hall–Kier alpha value is -1.47. The van der Waals surface area contributed by atoms with Gasteiger partial charge in [-0.15, -0.1) is 11.3 Å². The number of aryl methyl sites for hydroxylation is 1. The van der Waals surface area contributed by atoms with E-state index in [0.29, 0.717) is 16.6 Å². The maximum absolute atomic E-state index is 11.9. The van der Waals surface area contributed by atoms with Crippen molar-refractivity contribution in [1.82, 2.24) is 15.3 Å². The second-order valence-electron chi connectivity index (χ2n) is 3.65. The van der Waals surface area contributed by atoms with Crippen LogP contribution in [0.25, 0.3) is 0 Å². The summed E-state index contributed by atoms with van der Waals surface area (Å²) in [7, 11) is 0. The molecule has 3 N–H and O–H groups in total. The highest BCUT2D eigenvalue weighted by Crippen LogP contribution is 2.15. The van der Waals surface area contributed by atoms with Gasteiger partial charge < -0.3 is 11.1 Å². The van der Waals surface area contributed by atoms with Crippen LogP contribution in [0.1, 0.15) is 21.1 Å². The number of nitrogens with one attached hydrogen (secondary N) is 1. The summed E-state index contributed by atoms with van der Waals surface area (Å²) in [4.78, 5) is 20.1. The van der Waals surface area contributed by atoms with Crippen LogP contribution < -0.4 is 11.1 Å². The van der Waals surface area contributed by atoms with Gasteiger partial charge in [0.15, 0.2) is 0 Å². The molecule has 0 aromatic carbocycles. The number of aromatic nitrogens is 2. The van der Waals surface area contributed by atoms with Crippen LogP contribution in [0.4, 0.5) is 5.82 Å². The van der Waals surface area contributed by atoms with E-state index in [1.807, 2.05) is 12.3 Å². The number of anilines is 1. The molecule has 0 aliphatic rings. The van der Waals surface area contributed by atoms with Crippen molar-refractivity contribution >= 4 is 39.0 Å². The molecule has 18 heavy (non-hydrogen) atoms. The van der Waals surface area contributed by atoms with E-state index in [2.05, 4.69) is 31.2 Å². The quantitative estimate of drug-likeness (QED) is 0.905. The smallest absolute Gasteiger partial charge is 0.255 e. The van der Waals surface area contributed by atoms with Crippen molar-refractivity contribution in [3.63, 3.8) is 0 Å². The van der Waals surface area contributed by atoms with E-state index < -0.39 is 0 Å². The number of hydrogen-bond donors (Lipinski definition) is 2. The highest BCUT2D eigenvalue weighted by molar-refractivity contribution is 9.10. The minimum Gasteiger partial charge on any atom is -0.383 e. The number of halogens is 1. The van der Waals surface area contributed by atoms with Gasteiger partial charge >= 0.3 is 0 Å². The first kappa shape index (κ1) is 13.0. The van der Waals surface area contributed by atoms with Gasteiger partial charge in [-0.1, -0.05) is 0 Å². The first-order chi connectivity index (χ1) is 8.56. The molecule has 0 aliphatic heterocycles. The van der Waals surface area contributed by atoms with Gasteiger partial charge in [-0.2, -0.15) is 0 Å². The summed E-state index contributed by atoms with van der Waals surface area (Å²) < 4.78 is 0.715. The van der Waals surface area contributed by atoms with Gasteiger partial charge in [-0.05, 0) is 28.9 Å². The van der Waals surface area contributed by atoms with Crippen molar-refractivity contribution in [3.8, 4) is 0 Å². The van der Waals surface area contributed by atoms with Crippen molar-refractivity contribution in [2.24, 2.45) is 0 Å². The first-order valence-corrected chi connectivity index (χ1v) is 6.84. The molecule has 0 aliphatic carbocycles. The highest BCUT2D eigenvalue weighted by Gasteiger charge is 2.11. The van der Waals surface area contributed by atoms with Gasteiger partial charge in [-0.3, -0.25) is 4.79 Å². The number of carbonyl (C=O) groups excluding carboxylic acids is 1. The Kier molecular flexibility index (Phi) is 3.93. The summed E-state index contributed by atoms with van der Waals surface area (Å²) in [6, 6.07) is 1.64. The van der Waals surface area contributed by atoms with Crippen LogP contribution in [0, 0.1) is 6.92 Å². The summed E-state index contributed by atoms with van der Waals surface area (Å²) in [5.41, 5.74) is 6.97. The monoisotopic (exact) mass is 326 g/mol. The first-order valence-electron chi connectivity index (χ1n) is 5.16. The molecule has 0 atom stereocenters. The van der Waals surface area contributed by atoms with Crippen molar-refractivity contribution < 1.29 is 4.79 Å². The molecule has 0 spiro atoms. The molecule has 0 radical (unpaired) electrons. The second kappa shape index (κ2) is 5.45. The molecule has 1 amide bonds. The standard InChI is InChI=1S/C11H11BrN4OS/c1-6-5-18-9(16-6)4-15-11(17)8-2-7(12)3-14-10(8)13/h2-3,5H,4H2,1H3,(H2,13,14)(H,15,17). The average Bonchev–Trinajstić information content (AvgIpc) is 2.75. The van der Waals surface area contributed by atoms with E-state index in [1.165, 1.54) is 11.3 Å². The molecule has 0 unspecified atom stereocenters. The topological polar surface area (TPSA) is 80.9 Å². The third-order valence-corrected chi connectivity index (χ3v) is 3.60. The Labute approximate surface area is 117 Å². The predicted octanol–water partition coefficient (Wildman–Crippen LogP) is 2.12. The van der Waals surface area contributed by atoms with Crippen LogP contribution in [0.3, 0.4) is 0 Å². The van der Waals surface area contributed by atoms with E-state index >= 15 is 0 Å². The van der Waals surface area contributed by atoms with Crippen molar-refractivity contribution in [3.05, 3.63) is 38.4 Å². The molecule has 0 saturated heterocycles. The van der Waals surface area contributed by atoms with Crippen LogP contribution in [-0.2, 0) is 6.54 Å². The molecule has 0 fully saturated rings. The second-order valence-corrected chi connectivity index (χ2v) is 5.51. The van der Waals surface area contributed by atoms with E-state index in [9.17, 15) is 4.79 Å². The lowest BCUT2D eigenvalue weighted by Gasteiger charge is -2.05. The number of rotatable bonds is 3. The molecule has 2 heterocycles. The van der Waals surface area contributed by atoms with Crippen LogP contribution in [-0.4, -0.2) is 15.9 Å². The SMILES string of the molecule is Cc1csc(CNC(=O)c2cc(Br)cnc2N)n1. The molecular formula is C11H11BrN4OS. The zero-order valence-electron chi connectivity index (χ0n) is 9.61. The highest BCUT2D eigenvalue weighted by atomic mass is 79.9. The lowest BCUT2D eigenvalue weighted by atomic mass is 10.2. The third kappa shape index (κ3) is 3.05. The Morgan fingerprint density at radius 2 is 2.39 bits per heavy atom. The summed E-state index contributed by atoms with van der Waals surface area (Å²) in [5, 5.41) is 5.57. The lowest BCUT2D eigenvalue weighted by molar-refractivity contribution is 0.0951. The van der Waals surface area contributed by atoms with Crippen molar-refractivity contribution in [2.75, 3.05) is 5.73 Å². The molecule has 0 bridgehead atoms. The van der Waals surface area contributed by atoms with Gasteiger partial charge in [0, 0.05) is 21.7 Å². The number of carbonyl (C=O) groups is 1. The zero-order chi connectivity index (χ0) is 13.1. The Bertz CT molecular complexity index is 584. The Morgan fingerprint density at radius 3 is 3.06 bits per heavy atom. The molecule has 2 rings (SSSR count). The van der Waals surface area contributed by atoms with Gasteiger partial charge in [0.25, 0.3) is 5.91 Å². The number of hydrogen-bond acceptors (Lipinski definition) is 5. The molecule has 7 heteroatoms. The van der Waals surface area contributed by atoms with E-state index in [0.717, 1.165) is 10.7 Å². The average molecular weight is 327 g/mol. The summed E-state index contributed by atoms with van der Waals surface area (Å²) in [5.74, 6) is -0.0415. The minimum absolute atomic E-state index is 0.214. The number of thiazole rings is 1. The number of nitrogens with two attached hydrogens (primary N) is 1. The molecule has 2 aromatic rings. The zero-order valence-corrected chi connectivity index (χ0v) is 12.0. The van der Waals surface area contributed by atoms with Crippen molar-refractivity contribution in [1.29, 1.82) is 0 Å². The lowest BCUT2D eigenvalue weighted by Crippen LogP contribution is -2.24. The van der Waals surface area contributed by atoms with E-state index in [4.69, 9.17) is 5.73 Å². The van der Waals surface area contributed by atoms with E-state index in [-0.39, 0.29) is 11.7 Å². The summed E-state index contributed by atoms with van der Waals surface area (Å²) in [6.45, 7) is 2.31. The van der Waals surface area contributed by atoms with Crippen LogP contribution in [0.5, 0.6) is 0 Å². The van der Waals surface area contributed by atoms with Gasteiger partial charge in [0.05, 0.1) is 12.1 Å². The van der Waals surface area contributed by atoms with Crippen LogP contribution >= 0.6 is 27.3 Å².